The summed E-state index contributed by atoms with van der Waals surface area (Å²) in [6.45, 7) is 3.23. The van der Waals surface area contributed by atoms with E-state index < -0.39 is 75.7 Å². The standard InChI is InChI=1S/C45H81O14P/c1-3-5-7-9-11-12-13-14-15-16-17-18-19-23-27-31-38(46)55-33-35(34-56-60(53,54)59-45-43(51)41(49)40(48)42(50)44(45)52)57-39(47)32-28-24-20-22-26-30-37-36(58-37)29-25-21-10-8-6-4-2/h12-13,21,25,35-37,40-45,48-52H,3-11,14-20,22-24,26-34H2,1-2H3,(H,53,54)/b13-12-,25-21-/t35-,36?,37?,40?,41-,42+,43-,44-,45?/m1/s1. The van der Waals surface area contributed by atoms with Gasteiger partial charge < -0.3 is 44.6 Å². The van der Waals surface area contributed by atoms with Gasteiger partial charge in [-0.05, 0) is 64.2 Å². The number of unbranched alkanes of at least 4 members (excludes halogenated alkanes) is 18. The third kappa shape index (κ3) is 24.8. The number of hydrogen-bond donors (Lipinski definition) is 6. The van der Waals surface area contributed by atoms with Crippen molar-refractivity contribution in [2.24, 2.45) is 0 Å². The lowest BCUT2D eigenvalue weighted by atomic mass is 9.85. The van der Waals surface area contributed by atoms with Crippen LogP contribution in [-0.2, 0) is 37.4 Å². The van der Waals surface area contributed by atoms with E-state index in [1.54, 1.807) is 0 Å². The Bertz CT molecular complexity index is 1220. The summed E-state index contributed by atoms with van der Waals surface area (Å²) in [4.78, 5) is 35.7. The highest BCUT2D eigenvalue weighted by atomic mass is 31.2. The molecular formula is C45H81O14P. The molecule has 10 atom stereocenters. The van der Waals surface area contributed by atoms with Gasteiger partial charge in [-0.2, -0.15) is 0 Å². The Morgan fingerprint density at radius 2 is 1.05 bits per heavy atom. The zero-order valence-corrected chi connectivity index (χ0v) is 37.6. The summed E-state index contributed by atoms with van der Waals surface area (Å²) in [7, 11) is -5.13. The second kappa shape index (κ2) is 32.9. The Morgan fingerprint density at radius 3 is 1.65 bits per heavy atom. The van der Waals surface area contributed by atoms with E-state index in [-0.39, 0.29) is 12.8 Å². The number of hydrogen-bond acceptors (Lipinski definition) is 13. The van der Waals surface area contributed by atoms with Gasteiger partial charge in [0.2, 0.25) is 0 Å². The van der Waals surface area contributed by atoms with Gasteiger partial charge in [0.1, 0.15) is 43.2 Å². The van der Waals surface area contributed by atoms with Crippen LogP contribution in [-0.4, -0.2) is 111 Å². The van der Waals surface area contributed by atoms with Gasteiger partial charge in [0, 0.05) is 12.8 Å². The Hall–Kier alpha value is -1.71. The molecule has 1 saturated carbocycles. The number of carbonyl (C=O) groups excluding carboxylic acids is 2. The van der Waals surface area contributed by atoms with Crippen LogP contribution >= 0.6 is 7.82 Å². The molecule has 6 N–H and O–H groups in total. The molecule has 2 rings (SSSR count). The highest BCUT2D eigenvalue weighted by Crippen LogP contribution is 2.47. The van der Waals surface area contributed by atoms with E-state index in [1.807, 2.05) is 0 Å². The second-order valence-electron chi connectivity index (χ2n) is 16.6. The minimum Gasteiger partial charge on any atom is -0.462 e. The molecule has 2 fully saturated rings. The predicted octanol–water partition coefficient (Wildman–Crippen LogP) is 7.82. The first-order valence-corrected chi connectivity index (χ1v) is 24.8. The molecule has 0 aromatic carbocycles. The lowest BCUT2D eigenvalue weighted by Crippen LogP contribution is -2.64. The SMILES string of the molecule is CCCCC/C=C\CC1OC1CCCCCCCC(=O)O[C@H](COC(=O)CCCCCCCCC/C=C\CCCCCC)COP(=O)(O)OC1[C@H](O)[C@H](O)C(O)[C@H](O)[C@H]1O. The lowest BCUT2D eigenvalue weighted by Gasteiger charge is -2.41. The minimum atomic E-state index is -5.13. The van der Waals surface area contributed by atoms with Crippen molar-refractivity contribution in [1.82, 2.24) is 0 Å². The van der Waals surface area contributed by atoms with Gasteiger partial charge in [0.05, 0.1) is 18.8 Å². The Kier molecular flexibility index (Phi) is 29.8. The van der Waals surface area contributed by atoms with Crippen molar-refractivity contribution < 1.29 is 67.8 Å². The molecular weight excluding hydrogens is 795 g/mol. The first-order chi connectivity index (χ1) is 28.9. The predicted molar refractivity (Wildman–Crippen MR) is 230 cm³/mol. The fourth-order valence-corrected chi connectivity index (χ4v) is 8.26. The fraction of sp³-hybridized carbons (Fsp3) is 0.867. The van der Waals surface area contributed by atoms with Crippen LogP contribution in [0.1, 0.15) is 181 Å². The maximum atomic E-state index is 12.8. The molecule has 1 aliphatic heterocycles. The molecule has 15 heteroatoms. The van der Waals surface area contributed by atoms with Crippen molar-refractivity contribution in [3.63, 3.8) is 0 Å². The Morgan fingerprint density at radius 1 is 0.583 bits per heavy atom. The maximum absolute atomic E-state index is 12.8. The number of ether oxygens (including phenoxy) is 3. The van der Waals surface area contributed by atoms with Crippen molar-refractivity contribution in [3.05, 3.63) is 24.3 Å². The average molecular weight is 877 g/mol. The summed E-state index contributed by atoms with van der Waals surface area (Å²) in [5.41, 5.74) is 0. The number of aliphatic hydroxyl groups is 5. The van der Waals surface area contributed by atoms with E-state index >= 15 is 0 Å². The van der Waals surface area contributed by atoms with Crippen molar-refractivity contribution in [1.29, 1.82) is 0 Å². The lowest BCUT2D eigenvalue weighted by molar-refractivity contribution is -0.220. The van der Waals surface area contributed by atoms with Gasteiger partial charge in [-0.25, -0.2) is 4.57 Å². The van der Waals surface area contributed by atoms with Crippen molar-refractivity contribution >= 4 is 19.8 Å². The zero-order chi connectivity index (χ0) is 44.0. The summed E-state index contributed by atoms with van der Waals surface area (Å²) in [6, 6.07) is 0. The van der Waals surface area contributed by atoms with Crippen LogP contribution in [0.3, 0.4) is 0 Å². The number of epoxide rings is 1. The van der Waals surface area contributed by atoms with Gasteiger partial charge in [0.25, 0.3) is 0 Å². The average Bonchev–Trinajstić information content (AvgIpc) is 3.99. The van der Waals surface area contributed by atoms with Crippen LogP contribution in [0.15, 0.2) is 24.3 Å². The molecule has 0 radical (unpaired) electrons. The monoisotopic (exact) mass is 877 g/mol. The number of allylic oxidation sites excluding steroid dienone is 3. The van der Waals surface area contributed by atoms with Crippen molar-refractivity contribution in [3.8, 4) is 0 Å². The van der Waals surface area contributed by atoms with E-state index in [0.29, 0.717) is 25.0 Å². The maximum Gasteiger partial charge on any atom is 0.472 e. The molecule has 0 amide bonds. The first kappa shape index (κ1) is 54.4. The quantitative estimate of drug-likeness (QED) is 0.0115. The molecule has 0 bridgehead atoms. The van der Waals surface area contributed by atoms with E-state index in [1.165, 1.54) is 64.2 Å². The minimum absolute atomic E-state index is 0.0739. The van der Waals surface area contributed by atoms with Crippen LogP contribution in [0.5, 0.6) is 0 Å². The van der Waals surface area contributed by atoms with Crippen molar-refractivity contribution in [2.75, 3.05) is 13.2 Å². The fourth-order valence-electron chi connectivity index (χ4n) is 7.29. The van der Waals surface area contributed by atoms with Crippen LogP contribution in [0.4, 0.5) is 0 Å². The first-order valence-electron chi connectivity index (χ1n) is 23.3. The Labute approximate surface area is 360 Å². The summed E-state index contributed by atoms with van der Waals surface area (Å²) in [5.74, 6) is -1.13. The number of rotatable bonds is 37. The van der Waals surface area contributed by atoms with Crippen LogP contribution < -0.4 is 0 Å². The molecule has 1 heterocycles. The summed E-state index contributed by atoms with van der Waals surface area (Å²) < 4.78 is 39.3. The zero-order valence-electron chi connectivity index (χ0n) is 36.7. The number of aliphatic hydroxyl groups excluding tert-OH is 5. The van der Waals surface area contributed by atoms with E-state index in [2.05, 4.69) is 38.2 Å². The molecule has 0 spiro atoms. The number of phosphoric acid groups is 1. The highest BCUT2D eigenvalue weighted by molar-refractivity contribution is 7.47. The smallest absolute Gasteiger partial charge is 0.462 e. The van der Waals surface area contributed by atoms with Gasteiger partial charge >= 0.3 is 19.8 Å². The van der Waals surface area contributed by atoms with E-state index in [0.717, 1.165) is 77.0 Å². The highest BCUT2D eigenvalue weighted by Gasteiger charge is 2.51. The normalized spacial score (nSPS) is 25.7. The summed E-state index contributed by atoms with van der Waals surface area (Å²) in [5, 5.41) is 50.2. The van der Waals surface area contributed by atoms with E-state index in [4.69, 9.17) is 23.3 Å². The molecule has 60 heavy (non-hydrogen) atoms. The largest absolute Gasteiger partial charge is 0.472 e. The molecule has 14 nitrogen and oxygen atoms in total. The Balaban J connectivity index is 1.71. The number of esters is 2. The van der Waals surface area contributed by atoms with Gasteiger partial charge in [-0.15, -0.1) is 0 Å². The number of carbonyl (C=O) groups is 2. The van der Waals surface area contributed by atoms with Gasteiger partial charge in [-0.1, -0.05) is 128 Å². The van der Waals surface area contributed by atoms with Gasteiger partial charge in [-0.3, -0.25) is 18.6 Å². The third-order valence-corrected chi connectivity index (χ3v) is 12.2. The molecule has 2 aliphatic rings. The molecule has 0 aromatic rings. The van der Waals surface area contributed by atoms with Crippen LogP contribution in [0.2, 0.25) is 0 Å². The second-order valence-corrected chi connectivity index (χ2v) is 18.0. The van der Waals surface area contributed by atoms with Gasteiger partial charge in [0.15, 0.2) is 6.10 Å². The van der Waals surface area contributed by atoms with Crippen molar-refractivity contribution in [2.45, 2.75) is 236 Å². The summed E-state index contributed by atoms with van der Waals surface area (Å²) in [6.07, 6.45) is 22.4. The summed E-state index contributed by atoms with van der Waals surface area (Å²) >= 11 is 0. The molecule has 1 saturated heterocycles. The molecule has 0 aromatic heterocycles. The van der Waals surface area contributed by atoms with Crippen LogP contribution in [0.25, 0.3) is 0 Å². The molecule has 5 unspecified atom stereocenters. The topological polar surface area (TPSA) is 222 Å². The molecule has 1 aliphatic carbocycles. The van der Waals surface area contributed by atoms with E-state index in [9.17, 15) is 44.6 Å². The van der Waals surface area contributed by atoms with Crippen LogP contribution in [0, 0.1) is 0 Å². The third-order valence-electron chi connectivity index (χ3n) is 11.2. The molecule has 350 valence electrons. The number of phosphoric ester groups is 1.